The van der Waals surface area contributed by atoms with Crippen LogP contribution in [0.15, 0.2) is 41.2 Å². The molecule has 1 aliphatic carbocycles. The number of rotatable bonds is 1. The van der Waals surface area contributed by atoms with E-state index >= 15 is 0 Å². The van der Waals surface area contributed by atoms with E-state index in [1.807, 2.05) is 12.1 Å². The molecule has 26 heavy (non-hydrogen) atoms. The summed E-state index contributed by atoms with van der Waals surface area (Å²) in [6.45, 7) is 1.77. The molecule has 2 aromatic carbocycles. The zero-order valence-corrected chi connectivity index (χ0v) is 15.4. The van der Waals surface area contributed by atoms with Gasteiger partial charge in [-0.1, -0.05) is 35.3 Å². The molecule has 0 aliphatic heterocycles. The number of fused-ring (bicyclic) bond motifs is 2. The van der Waals surface area contributed by atoms with Crippen molar-refractivity contribution < 1.29 is 10.0 Å². The smallest absolute Gasteiger partial charge is 0.200 e. The first-order chi connectivity index (χ1) is 12.4. The quantitative estimate of drug-likeness (QED) is 0.611. The van der Waals surface area contributed by atoms with Crippen molar-refractivity contribution >= 4 is 39.9 Å². The van der Waals surface area contributed by atoms with Crippen molar-refractivity contribution in [3.63, 3.8) is 0 Å². The zero-order valence-electron chi connectivity index (χ0n) is 13.9. The van der Waals surface area contributed by atoms with Gasteiger partial charge in [-0.15, -0.1) is 0 Å². The third-order valence-electron chi connectivity index (χ3n) is 4.98. The van der Waals surface area contributed by atoms with Gasteiger partial charge in [0, 0.05) is 16.5 Å². The molecule has 0 spiro atoms. The number of benzene rings is 2. The van der Waals surface area contributed by atoms with E-state index in [-0.39, 0.29) is 34.5 Å². The Kier molecular flexibility index (Phi) is 4.05. The second-order valence-corrected chi connectivity index (χ2v) is 7.53. The van der Waals surface area contributed by atoms with Crippen LogP contribution in [0.2, 0.25) is 10.0 Å². The van der Waals surface area contributed by atoms with Crippen LogP contribution < -0.4 is 5.43 Å². The van der Waals surface area contributed by atoms with Crippen LogP contribution in [-0.2, 0) is 6.42 Å². The fourth-order valence-corrected chi connectivity index (χ4v) is 4.17. The summed E-state index contributed by atoms with van der Waals surface area (Å²) in [4.78, 5) is 25.6. The van der Waals surface area contributed by atoms with Gasteiger partial charge in [0.1, 0.15) is 0 Å². The van der Waals surface area contributed by atoms with Gasteiger partial charge in [0.2, 0.25) is 5.43 Å². The third-order valence-corrected chi connectivity index (χ3v) is 5.45. The summed E-state index contributed by atoms with van der Waals surface area (Å²) >= 11 is 12.0. The second-order valence-electron chi connectivity index (χ2n) is 6.66. The number of ketones is 1. The summed E-state index contributed by atoms with van der Waals surface area (Å²) in [7, 11) is 0. The molecule has 0 bridgehead atoms. The van der Waals surface area contributed by atoms with Gasteiger partial charge in [0.05, 0.1) is 22.2 Å². The van der Waals surface area contributed by atoms with E-state index in [9.17, 15) is 14.8 Å². The van der Waals surface area contributed by atoms with Gasteiger partial charge in [-0.3, -0.25) is 9.59 Å². The highest BCUT2D eigenvalue weighted by Crippen LogP contribution is 2.34. The minimum Gasteiger partial charge on any atom is -0.428 e. The number of aryl methyl sites for hydroxylation is 1. The molecule has 1 aromatic heterocycles. The first-order valence-corrected chi connectivity index (χ1v) is 8.98. The Morgan fingerprint density at radius 3 is 2.42 bits per heavy atom. The SMILES string of the molecule is Cc1cc(Cl)cc2c(=O)c3c(n(O)c12)CC(c1ccc(Cl)cc1)CC3=O. The number of carbonyl (C=O) groups is 1. The van der Waals surface area contributed by atoms with Crippen molar-refractivity contribution in [2.45, 2.75) is 25.7 Å². The van der Waals surface area contributed by atoms with Crippen molar-refractivity contribution in [1.82, 2.24) is 4.73 Å². The lowest BCUT2D eigenvalue weighted by Crippen LogP contribution is -2.30. The van der Waals surface area contributed by atoms with Crippen LogP contribution in [0, 0.1) is 6.92 Å². The van der Waals surface area contributed by atoms with Crippen LogP contribution in [0.3, 0.4) is 0 Å². The number of Topliss-reactive ketones (excluding diaryl/α,β-unsaturated/α-hetero) is 1. The van der Waals surface area contributed by atoms with Gasteiger partial charge in [-0.25, -0.2) is 0 Å². The van der Waals surface area contributed by atoms with Gasteiger partial charge in [-0.2, -0.15) is 4.73 Å². The molecule has 0 radical (unpaired) electrons. The highest BCUT2D eigenvalue weighted by atomic mass is 35.5. The Labute approximate surface area is 159 Å². The zero-order chi connectivity index (χ0) is 18.6. The number of carbonyl (C=O) groups excluding carboxylic acids is 1. The number of pyridine rings is 1. The Morgan fingerprint density at radius 2 is 1.73 bits per heavy atom. The molecule has 0 saturated carbocycles. The lowest BCUT2D eigenvalue weighted by Gasteiger charge is -2.26. The first kappa shape index (κ1) is 17.1. The van der Waals surface area contributed by atoms with E-state index in [1.165, 1.54) is 6.07 Å². The molecule has 0 fully saturated rings. The lowest BCUT2D eigenvalue weighted by molar-refractivity contribution is 0.0949. The van der Waals surface area contributed by atoms with Crippen molar-refractivity contribution in [3.8, 4) is 0 Å². The predicted octanol–water partition coefficient (Wildman–Crippen LogP) is 4.77. The van der Waals surface area contributed by atoms with E-state index < -0.39 is 0 Å². The minimum atomic E-state index is -0.370. The second kappa shape index (κ2) is 6.15. The van der Waals surface area contributed by atoms with E-state index in [1.54, 1.807) is 25.1 Å². The maximum Gasteiger partial charge on any atom is 0.200 e. The normalized spacial score (nSPS) is 16.7. The van der Waals surface area contributed by atoms with E-state index in [0.717, 1.165) is 10.3 Å². The number of halogens is 2. The summed E-state index contributed by atoms with van der Waals surface area (Å²) in [6, 6.07) is 10.5. The standard InChI is InChI=1S/C20H15Cl2NO3/c1-10-6-14(22)9-15-19(10)23(26)16-7-12(8-17(24)18(16)20(15)25)11-2-4-13(21)5-3-11/h2-6,9,12,26H,7-8H2,1H3. The Morgan fingerprint density at radius 1 is 1.04 bits per heavy atom. The topological polar surface area (TPSA) is 59.3 Å². The average molecular weight is 388 g/mol. The molecule has 6 heteroatoms. The molecule has 0 amide bonds. The Balaban J connectivity index is 1.94. The summed E-state index contributed by atoms with van der Waals surface area (Å²) in [5.41, 5.74) is 2.06. The lowest BCUT2D eigenvalue weighted by atomic mass is 9.81. The van der Waals surface area contributed by atoms with Crippen LogP contribution in [0.25, 0.3) is 10.9 Å². The van der Waals surface area contributed by atoms with E-state index in [4.69, 9.17) is 23.2 Å². The van der Waals surface area contributed by atoms with Crippen LogP contribution in [0.4, 0.5) is 0 Å². The molecule has 1 heterocycles. The molecule has 4 nitrogen and oxygen atoms in total. The molecule has 0 saturated heterocycles. The van der Waals surface area contributed by atoms with Gasteiger partial charge in [-0.05, 0) is 54.7 Å². The van der Waals surface area contributed by atoms with Crippen molar-refractivity contribution in [2.75, 3.05) is 0 Å². The van der Waals surface area contributed by atoms with Crippen LogP contribution >= 0.6 is 23.2 Å². The number of hydrogen-bond acceptors (Lipinski definition) is 3. The molecular formula is C20H15Cl2NO3. The summed E-state index contributed by atoms with van der Waals surface area (Å²) in [5, 5.41) is 12.1. The largest absolute Gasteiger partial charge is 0.428 e. The van der Waals surface area contributed by atoms with Crippen molar-refractivity contribution in [3.05, 3.63) is 79.1 Å². The monoisotopic (exact) mass is 387 g/mol. The van der Waals surface area contributed by atoms with Crippen molar-refractivity contribution in [2.24, 2.45) is 0 Å². The molecule has 1 aliphatic rings. The maximum absolute atomic E-state index is 12.9. The number of aromatic nitrogens is 1. The molecule has 3 aromatic rings. The summed E-state index contributed by atoms with van der Waals surface area (Å²) in [5.74, 6) is -0.381. The average Bonchev–Trinajstić information content (AvgIpc) is 2.59. The predicted molar refractivity (Wildman–Crippen MR) is 102 cm³/mol. The maximum atomic E-state index is 12.9. The highest BCUT2D eigenvalue weighted by molar-refractivity contribution is 6.31. The number of hydrogen-bond donors (Lipinski definition) is 1. The molecular weight excluding hydrogens is 373 g/mol. The van der Waals surface area contributed by atoms with E-state index in [0.29, 0.717) is 33.2 Å². The van der Waals surface area contributed by atoms with Gasteiger partial charge in [0.25, 0.3) is 0 Å². The van der Waals surface area contributed by atoms with Gasteiger partial charge in [0.15, 0.2) is 5.78 Å². The highest BCUT2D eigenvalue weighted by Gasteiger charge is 2.32. The molecule has 4 rings (SSSR count). The Hall–Kier alpha value is -2.30. The molecule has 1 unspecified atom stereocenters. The Bertz CT molecular complexity index is 1120. The van der Waals surface area contributed by atoms with Gasteiger partial charge >= 0.3 is 0 Å². The van der Waals surface area contributed by atoms with Crippen molar-refractivity contribution in [1.29, 1.82) is 0 Å². The molecule has 1 N–H and O–H groups in total. The van der Waals surface area contributed by atoms with Gasteiger partial charge < -0.3 is 5.21 Å². The summed E-state index contributed by atoms with van der Waals surface area (Å²) < 4.78 is 0.984. The fourth-order valence-electron chi connectivity index (χ4n) is 3.77. The fraction of sp³-hybridized carbons (Fsp3) is 0.200. The number of nitrogens with zero attached hydrogens (tertiary/aromatic N) is 1. The molecule has 1 atom stereocenters. The van der Waals surface area contributed by atoms with Crippen LogP contribution in [-0.4, -0.2) is 15.7 Å². The van der Waals surface area contributed by atoms with Crippen LogP contribution in [0.1, 0.15) is 39.5 Å². The first-order valence-electron chi connectivity index (χ1n) is 8.22. The summed E-state index contributed by atoms with van der Waals surface area (Å²) in [6.07, 6.45) is 0.612. The third kappa shape index (κ3) is 2.61. The molecule has 132 valence electrons. The minimum absolute atomic E-state index is 0.0619. The van der Waals surface area contributed by atoms with E-state index in [2.05, 4.69) is 0 Å². The van der Waals surface area contributed by atoms with Crippen LogP contribution in [0.5, 0.6) is 0 Å².